The quantitative estimate of drug-likeness (QED) is 0.277. The molecule has 0 radical (unpaired) electrons. The molecule has 1 N–H and O–H groups in total. The van der Waals surface area contributed by atoms with Gasteiger partial charge in [-0.2, -0.15) is 0 Å². The summed E-state index contributed by atoms with van der Waals surface area (Å²) >= 11 is 0. The molecule has 2 fully saturated rings. The molecule has 2 aromatic carbocycles. The first-order chi connectivity index (χ1) is 18.3. The number of nitrogens with zero attached hydrogens (tertiary/aromatic N) is 2. The van der Waals surface area contributed by atoms with Crippen molar-refractivity contribution < 1.29 is 24.2 Å². The summed E-state index contributed by atoms with van der Waals surface area (Å²) in [7, 11) is 0. The van der Waals surface area contributed by atoms with E-state index in [9.17, 15) is 14.7 Å². The van der Waals surface area contributed by atoms with Crippen LogP contribution in [0.3, 0.4) is 0 Å². The van der Waals surface area contributed by atoms with Crippen molar-refractivity contribution in [3.8, 4) is 5.75 Å². The minimum atomic E-state index is -0.642. The van der Waals surface area contributed by atoms with Gasteiger partial charge in [0, 0.05) is 31.7 Å². The molecule has 38 heavy (non-hydrogen) atoms. The zero-order chi connectivity index (χ0) is 27.2. The molecule has 2 heterocycles. The van der Waals surface area contributed by atoms with Crippen LogP contribution >= 0.6 is 0 Å². The van der Waals surface area contributed by atoms with E-state index >= 15 is 0 Å². The Kier molecular flexibility index (Phi) is 9.23. The molecule has 2 aliphatic rings. The molecule has 0 aromatic heterocycles. The van der Waals surface area contributed by atoms with Crippen LogP contribution in [0.1, 0.15) is 55.5 Å². The Morgan fingerprint density at radius 2 is 1.79 bits per heavy atom. The molecule has 2 saturated heterocycles. The molecular weight excluding hydrogens is 480 g/mol. The molecule has 1 atom stereocenters. The van der Waals surface area contributed by atoms with Crippen molar-refractivity contribution in [2.45, 2.75) is 46.6 Å². The van der Waals surface area contributed by atoms with E-state index in [-0.39, 0.29) is 11.3 Å². The molecule has 0 bridgehead atoms. The first-order valence-corrected chi connectivity index (χ1v) is 13.7. The molecule has 1 amide bonds. The van der Waals surface area contributed by atoms with E-state index in [2.05, 4.69) is 25.7 Å². The first kappa shape index (κ1) is 27.9. The topological polar surface area (TPSA) is 79.3 Å². The number of aliphatic hydroxyl groups is 1. The number of ether oxygens (including phenoxy) is 2. The summed E-state index contributed by atoms with van der Waals surface area (Å²) in [5.74, 6) is -0.226. The number of carbonyl (C=O) groups excluding carboxylic acids is 2. The molecule has 1 unspecified atom stereocenters. The SMILES string of the molecule is CCc1ccc(C2C(=C(O)c3ccc(OCC(C)C)c(C)c3)C(=O)C(=O)N2CCCN2CCOCC2)cc1. The number of carbonyl (C=O) groups is 2. The number of aryl methyl sites for hydroxylation is 2. The Hall–Kier alpha value is -3.16. The monoisotopic (exact) mass is 520 g/mol. The fourth-order valence-electron chi connectivity index (χ4n) is 5.05. The lowest BCUT2D eigenvalue weighted by molar-refractivity contribution is -0.140. The number of Topliss-reactive ketones (excluding diaryl/α,β-unsaturated/α-hetero) is 1. The lowest BCUT2D eigenvalue weighted by atomic mass is 9.94. The maximum absolute atomic E-state index is 13.4. The molecule has 0 spiro atoms. The van der Waals surface area contributed by atoms with Crippen LogP contribution in [0.25, 0.3) is 5.76 Å². The van der Waals surface area contributed by atoms with Crippen LogP contribution in [0.2, 0.25) is 0 Å². The van der Waals surface area contributed by atoms with Gasteiger partial charge in [0.1, 0.15) is 11.5 Å². The highest BCUT2D eigenvalue weighted by atomic mass is 16.5. The van der Waals surface area contributed by atoms with Crippen LogP contribution < -0.4 is 4.74 Å². The molecular formula is C31H40N2O5. The van der Waals surface area contributed by atoms with Crippen LogP contribution in [0.4, 0.5) is 0 Å². The van der Waals surface area contributed by atoms with Crippen molar-refractivity contribution in [2.24, 2.45) is 5.92 Å². The van der Waals surface area contributed by atoms with Crippen molar-refractivity contribution in [3.05, 3.63) is 70.3 Å². The smallest absolute Gasteiger partial charge is 0.295 e. The molecule has 7 nitrogen and oxygen atoms in total. The maximum atomic E-state index is 13.4. The number of benzene rings is 2. The number of rotatable bonds is 10. The third-order valence-corrected chi connectivity index (χ3v) is 7.24. The van der Waals surface area contributed by atoms with E-state index in [1.54, 1.807) is 11.0 Å². The van der Waals surface area contributed by atoms with Gasteiger partial charge in [-0.25, -0.2) is 0 Å². The number of hydrogen-bond donors (Lipinski definition) is 1. The molecule has 4 rings (SSSR count). The van der Waals surface area contributed by atoms with Gasteiger partial charge in [-0.15, -0.1) is 0 Å². The molecule has 7 heteroatoms. The number of likely N-dealkylation sites (tertiary alicyclic amines) is 1. The Balaban J connectivity index is 1.66. The third-order valence-electron chi connectivity index (χ3n) is 7.24. The maximum Gasteiger partial charge on any atom is 0.295 e. The average Bonchev–Trinajstić information content (AvgIpc) is 3.17. The van der Waals surface area contributed by atoms with E-state index < -0.39 is 17.7 Å². The van der Waals surface area contributed by atoms with Gasteiger partial charge in [0.25, 0.3) is 11.7 Å². The van der Waals surface area contributed by atoms with Crippen LogP contribution in [-0.4, -0.2) is 72.6 Å². The number of morpholine rings is 1. The predicted octanol–water partition coefficient (Wildman–Crippen LogP) is 4.74. The second-order valence-corrected chi connectivity index (χ2v) is 10.6. The second kappa shape index (κ2) is 12.6. The van der Waals surface area contributed by atoms with Gasteiger partial charge in [-0.3, -0.25) is 14.5 Å². The zero-order valence-corrected chi connectivity index (χ0v) is 23.0. The van der Waals surface area contributed by atoms with E-state index in [4.69, 9.17) is 9.47 Å². The molecule has 204 valence electrons. The summed E-state index contributed by atoms with van der Waals surface area (Å²) in [4.78, 5) is 30.6. The highest BCUT2D eigenvalue weighted by molar-refractivity contribution is 6.46. The van der Waals surface area contributed by atoms with Crippen molar-refractivity contribution >= 4 is 17.4 Å². The summed E-state index contributed by atoms with van der Waals surface area (Å²) in [6.07, 6.45) is 1.63. The van der Waals surface area contributed by atoms with Crippen molar-refractivity contribution in [3.63, 3.8) is 0 Å². The normalized spacial score (nSPS) is 19.9. The standard InChI is InChI=1S/C31H40N2O5/c1-5-23-7-9-24(10-8-23)28-27(29(34)25-11-12-26(22(4)19-25)38-20-21(2)3)30(35)31(36)33(28)14-6-13-32-15-17-37-18-16-32/h7-12,19,21,28,34H,5-6,13-18,20H2,1-4H3. The summed E-state index contributed by atoms with van der Waals surface area (Å²) in [6, 6.07) is 12.7. The number of amides is 1. The predicted molar refractivity (Wildman–Crippen MR) is 148 cm³/mol. The second-order valence-electron chi connectivity index (χ2n) is 10.6. The number of aliphatic hydroxyl groups excluding tert-OH is 1. The van der Waals surface area contributed by atoms with Crippen LogP contribution in [0, 0.1) is 12.8 Å². The largest absolute Gasteiger partial charge is 0.507 e. The van der Waals surface area contributed by atoms with Crippen molar-refractivity contribution in [1.29, 1.82) is 0 Å². The van der Waals surface area contributed by atoms with Gasteiger partial charge in [0.15, 0.2) is 0 Å². The fraction of sp³-hybridized carbons (Fsp3) is 0.484. The Bertz CT molecular complexity index is 1170. The van der Waals surface area contributed by atoms with Gasteiger partial charge in [-0.05, 0) is 60.6 Å². The summed E-state index contributed by atoms with van der Waals surface area (Å²) < 4.78 is 11.3. The van der Waals surface area contributed by atoms with Gasteiger partial charge >= 0.3 is 0 Å². The minimum Gasteiger partial charge on any atom is -0.507 e. The van der Waals surface area contributed by atoms with Crippen molar-refractivity contribution in [1.82, 2.24) is 9.80 Å². The third kappa shape index (κ3) is 6.27. The van der Waals surface area contributed by atoms with Gasteiger partial charge in [-0.1, -0.05) is 45.0 Å². The van der Waals surface area contributed by atoms with Crippen LogP contribution in [0.5, 0.6) is 5.75 Å². The Morgan fingerprint density at radius 1 is 1.08 bits per heavy atom. The van der Waals surface area contributed by atoms with Crippen LogP contribution in [-0.2, 0) is 20.7 Å². The highest BCUT2D eigenvalue weighted by Crippen LogP contribution is 2.40. The number of ketones is 1. The number of hydrogen-bond acceptors (Lipinski definition) is 6. The van der Waals surface area contributed by atoms with E-state index in [0.717, 1.165) is 62.6 Å². The lowest BCUT2D eigenvalue weighted by Crippen LogP contribution is -2.38. The Morgan fingerprint density at radius 3 is 2.42 bits per heavy atom. The highest BCUT2D eigenvalue weighted by Gasteiger charge is 2.45. The van der Waals surface area contributed by atoms with Gasteiger partial charge < -0.3 is 19.5 Å². The van der Waals surface area contributed by atoms with Crippen molar-refractivity contribution in [2.75, 3.05) is 46.0 Å². The molecule has 2 aliphatic heterocycles. The summed E-state index contributed by atoms with van der Waals surface area (Å²) in [5, 5.41) is 11.4. The van der Waals surface area contributed by atoms with E-state index in [1.165, 1.54) is 5.56 Å². The fourth-order valence-corrected chi connectivity index (χ4v) is 5.05. The van der Waals surface area contributed by atoms with E-state index in [0.29, 0.717) is 24.6 Å². The van der Waals surface area contributed by atoms with Gasteiger partial charge in [0.2, 0.25) is 0 Å². The zero-order valence-electron chi connectivity index (χ0n) is 23.0. The first-order valence-electron chi connectivity index (χ1n) is 13.7. The summed E-state index contributed by atoms with van der Waals surface area (Å²) in [5.41, 5.74) is 3.49. The molecule has 0 aliphatic carbocycles. The van der Waals surface area contributed by atoms with Gasteiger partial charge in [0.05, 0.1) is 31.4 Å². The minimum absolute atomic E-state index is 0.140. The Labute approximate surface area is 226 Å². The lowest BCUT2D eigenvalue weighted by Gasteiger charge is -2.29. The average molecular weight is 521 g/mol. The molecule has 0 saturated carbocycles. The van der Waals surface area contributed by atoms with Crippen LogP contribution in [0.15, 0.2) is 48.0 Å². The summed E-state index contributed by atoms with van der Waals surface area (Å²) in [6.45, 7) is 13.2. The van der Waals surface area contributed by atoms with E-state index in [1.807, 2.05) is 43.3 Å². The molecule has 2 aromatic rings.